The SMILES string of the molecule is Cc1cc(F)c(Br)c(C2(C(=O)O)CCCC2)c1. The molecule has 0 aromatic heterocycles. The molecular weight excluding hydrogens is 287 g/mol. The number of halogens is 2. The van der Waals surface area contributed by atoms with Crippen LogP contribution in [0.3, 0.4) is 0 Å². The zero-order valence-corrected chi connectivity index (χ0v) is 11.2. The van der Waals surface area contributed by atoms with E-state index in [-0.39, 0.29) is 5.82 Å². The maximum Gasteiger partial charge on any atom is 0.314 e. The van der Waals surface area contributed by atoms with Gasteiger partial charge in [-0.15, -0.1) is 0 Å². The van der Waals surface area contributed by atoms with Crippen LogP contribution in [0.4, 0.5) is 4.39 Å². The highest BCUT2D eigenvalue weighted by Crippen LogP contribution is 2.45. The summed E-state index contributed by atoms with van der Waals surface area (Å²) in [6.45, 7) is 1.78. The number of rotatable bonds is 2. The van der Waals surface area contributed by atoms with E-state index in [1.807, 2.05) is 0 Å². The van der Waals surface area contributed by atoms with Gasteiger partial charge in [0.25, 0.3) is 0 Å². The van der Waals surface area contributed by atoms with E-state index in [4.69, 9.17) is 0 Å². The largest absolute Gasteiger partial charge is 0.481 e. The molecule has 17 heavy (non-hydrogen) atoms. The number of aliphatic carboxylic acids is 1. The molecule has 1 N–H and O–H groups in total. The van der Waals surface area contributed by atoms with Gasteiger partial charge in [-0.25, -0.2) is 4.39 Å². The summed E-state index contributed by atoms with van der Waals surface area (Å²) < 4.78 is 14.0. The first kappa shape index (κ1) is 12.6. The molecular formula is C13H14BrFO2. The summed E-state index contributed by atoms with van der Waals surface area (Å²) in [5.74, 6) is -1.23. The lowest BCUT2D eigenvalue weighted by molar-refractivity contribution is -0.143. The molecule has 1 aliphatic carbocycles. The van der Waals surface area contributed by atoms with Gasteiger partial charge in [-0.1, -0.05) is 18.9 Å². The Labute approximate surface area is 108 Å². The van der Waals surface area contributed by atoms with Gasteiger partial charge in [-0.2, -0.15) is 0 Å². The summed E-state index contributed by atoms with van der Waals surface area (Å²) in [5.41, 5.74) is 0.430. The summed E-state index contributed by atoms with van der Waals surface area (Å²) >= 11 is 3.19. The summed E-state index contributed by atoms with van der Waals surface area (Å²) in [4.78, 5) is 11.6. The summed E-state index contributed by atoms with van der Waals surface area (Å²) in [6, 6.07) is 3.20. The van der Waals surface area contributed by atoms with E-state index in [9.17, 15) is 14.3 Å². The topological polar surface area (TPSA) is 37.3 Å². The van der Waals surface area contributed by atoms with Gasteiger partial charge in [0.05, 0.1) is 9.89 Å². The van der Waals surface area contributed by atoms with Gasteiger partial charge < -0.3 is 5.11 Å². The van der Waals surface area contributed by atoms with Crippen LogP contribution in [0.25, 0.3) is 0 Å². The number of hydrogen-bond donors (Lipinski definition) is 1. The Morgan fingerprint density at radius 1 is 1.41 bits per heavy atom. The lowest BCUT2D eigenvalue weighted by atomic mass is 9.78. The van der Waals surface area contributed by atoms with Crippen LogP contribution in [-0.4, -0.2) is 11.1 Å². The zero-order valence-electron chi connectivity index (χ0n) is 9.59. The highest BCUT2D eigenvalue weighted by atomic mass is 79.9. The van der Waals surface area contributed by atoms with Crippen molar-refractivity contribution in [3.05, 3.63) is 33.5 Å². The molecule has 0 atom stereocenters. The number of benzene rings is 1. The summed E-state index contributed by atoms with van der Waals surface area (Å²) in [7, 11) is 0. The highest BCUT2D eigenvalue weighted by molar-refractivity contribution is 9.10. The minimum absolute atomic E-state index is 0.299. The minimum Gasteiger partial charge on any atom is -0.481 e. The van der Waals surface area contributed by atoms with Crippen molar-refractivity contribution in [3.63, 3.8) is 0 Å². The number of carbonyl (C=O) groups is 1. The molecule has 1 fully saturated rings. The van der Waals surface area contributed by atoms with Crippen molar-refractivity contribution in [2.24, 2.45) is 0 Å². The van der Waals surface area contributed by atoms with Gasteiger partial charge >= 0.3 is 5.97 Å². The third-order valence-electron chi connectivity index (χ3n) is 3.55. The fourth-order valence-corrected chi connectivity index (χ4v) is 3.26. The number of hydrogen-bond acceptors (Lipinski definition) is 1. The fraction of sp³-hybridized carbons (Fsp3) is 0.462. The molecule has 0 spiro atoms. The molecule has 0 saturated heterocycles. The average molecular weight is 301 g/mol. The zero-order chi connectivity index (χ0) is 12.6. The second kappa shape index (κ2) is 4.41. The van der Waals surface area contributed by atoms with Gasteiger partial charge in [-0.05, 0) is 52.9 Å². The maximum atomic E-state index is 13.7. The lowest BCUT2D eigenvalue weighted by Gasteiger charge is -2.26. The monoisotopic (exact) mass is 300 g/mol. The second-order valence-electron chi connectivity index (χ2n) is 4.70. The lowest BCUT2D eigenvalue weighted by Crippen LogP contribution is -2.33. The van der Waals surface area contributed by atoms with Gasteiger partial charge in [0.2, 0.25) is 0 Å². The van der Waals surface area contributed by atoms with E-state index >= 15 is 0 Å². The Morgan fingerprint density at radius 2 is 2.00 bits per heavy atom. The van der Waals surface area contributed by atoms with E-state index in [1.165, 1.54) is 6.07 Å². The average Bonchev–Trinajstić information content (AvgIpc) is 2.73. The molecule has 2 rings (SSSR count). The van der Waals surface area contributed by atoms with Crippen molar-refractivity contribution in [3.8, 4) is 0 Å². The van der Waals surface area contributed by atoms with Crippen molar-refractivity contribution in [2.45, 2.75) is 38.0 Å². The molecule has 0 unspecified atom stereocenters. The third kappa shape index (κ3) is 1.99. The standard InChI is InChI=1S/C13H14BrFO2/c1-8-6-9(11(14)10(15)7-8)13(12(16)17)4-2-3-5-13/h6-7H,2-5H2,1H3,(H,16,17). The summed E-state index contributed by atoms with van der Waals surface area (Å²) in [5, 5.41) is 9.48. The Hall–Kier alpha value is -0.900. The van der Waals surface area contributed by atoms with E-state index in [0.29, 0.717) is 22.9 Å². The van der Waals surface area contributed by atoms with Crippen molar-refractivity contribution < 1.29 is 14.3 Å². The van der Waals surface area contributed by atoms with E-state index < -0.39 is 11.4 Å². The Bertz CT molecular complexity index is 465. The molecule has 0 amide bonds. The van der Waals surface area contributed by atoms with Gasteiger partial charge in [0.1, 0.15) is 5.82 Å². The quantitative estimate of drug-likeness (QED) is 0.902. The van der Waals surface area contributed by atoms with E-state index in [2.05, 4.69) is 15.9 Å². The van der Waals surface area contributed by atoms with Crippen LogP contribution in [0.15, 0.2) is 16.6 Å². The molecule has 0 aliphatic heterocycles. The fourth-order valence-electron chi connectivity index (χ4n) is 2.65. The van der Waals surface area contributed by atoms with Gasteiger partial charge in [0.15, 0.2) is 0 Å². The third-order valence-corrected chi connectivity index (χ3v) is 4.36. The Morgan fingerprint density at radius 3 is 2.53 bits per heavy atom. The normalized spacial score (nSPS) is 18.3. The van der Waals surface area contributed by atoms with Crippen molar-refractivity contribution in [1.82, 2.24) is 0 Å². The number of carboxylic acids is 1. The van der Waals surface area contributed by atoms with Crippen LogP contribution in [0.1, 0.15) is 36.8 Å². The first-order valence-corrected chi connectivity index (χ1v) is 6.46. The highest BCUT2D eigenvalue weighted by Gasteiger charge is 2.44. The van der Waals surface area contributed by atoms with Crippen LogP contribution in [-0.2, 0) is 10.2 Å². The predicted molar refractivity (Wildman–Crippen MR) is 66.6 cm³/mol. The van der Waals surface area contributed by atoms with E-state index in [0.717, 1.165) is 18.4 Å². The first-order valence-electron chi connectivity index (χ1n) is 5.67. The van der Waals surface area contributed by atoms with Crippen LogP contribution in [0.5, 0.6) is 0 Å². The molecule has 1 aliphatic rings. The Kier molecular flexibility index (Phi) is 3.25. The second-order valence-corrected chi connectivity index (χ2v) is 5.50. The molecule has 0 bridgehead atoms. The first-order chi connectivity index (χ1) is 7.97. The van der Waals surface area contributed by atoms with Gasteiger partial charge in [-0.3, -0.25) is 4.79 Å². The molecule has 92 valence electrons. The smallest absolute Gasteiger partial charge is 0.314 e. The van der Waals surface area contributed by atoms with Crippen LogP contribution < -0.4 is 0 Å². The maximum absolute atomic E-state index is 13.7. The number of carboxylic acid groups (broad SMARTS) is 1. The van der Waals surface area contributed by atoms with Crippen molar-refractivity contribution >= 4 is 21.9 Å². The van der Waals surface area contributed by atoms with Crippen molar-refractivity contribution in [1.29, 1.82) is 0 Å². The molecule has 2 nitrogen and oxygen atoms in total. The molecule has 1 aromatic rings. The van der Waals surface area contributed by atoms with Crippen LogP contribution in [0, 0.1) is 12.7 Å². The minimum atomic E-state index is -0.911. The Balaban J connectivity index is 2.62. The number of aryl methyl sites for hydroxylation is 1. The molecule has 4 heteroatoms. The van der Waals surface area contributed by atoms with Crippen LogP contribution >= 0.6 is 15.9 Å². The molecule has 1 aromatic carbocycles. The molecule has 0 radical (unpaired) electrons. The van der Waals surface area contributed by atoms with E-state index in [1.54, 1.807) is 13.0 Å². The predicted octanol–water partition coefficient (Wildman–Crippen LogP) is 3.79. The molecule has 0 heterocycles. The van der Waals surface area contributed by atoms with Crippen LogP contribution in [0.2, 0.25) is 0 Å². The van der Waals surface area contributed by atoms with Gasteiger partial charge in [0, 0.05) is 0 Å². The summed E-state index contributed by atoms with van der Waals surface area (Å²) in [6.07, 6.45) is 2.94. The molecule has 1 saturated carbocycles. The van der Waals surface area contributed by atoms with Crippen molar-refractivity contribution in [2.75, 3.05) is 0 Å².